The van der Waals surface area contributed by atoms with Gasteiger partial charge in [0.2, 0.25) is 5.91 Å². The molecular weight excluding hydrogens is 352 g/mol. The molecule has 4 aromatic rings. The first-order valence-electron chi connectivity index (χ1n) is 9.15. The van der Waals surface area contributed by atoms with Gasteiger partial charge in [-0.2, -0.15) is 11.3 Å². The molecule has 2 aromatic carbocycles. The number of carbonyl (C=O) groups excluding carboxylic acids is 1. The zero-order valence-electron chi connectivity index (χ0n) is 15.2. The Morgan fingerprint density at radius 2 is 1.81 bits per heavy atom. The molecular formula is C23H22N2OS. The Labute approximate surface area is 163 Å². The van der Waals surface area contributed by atoms with Crippen molar-refractivity contribution in [3.05, 3.63) is 94.3 Å². The minimum absolute atomic E-state index is 0.00945. The second-order valence-electron chi connectivity index (χ2n) is 6.80. The molecule has 2 N–H and O–H groups in total. The maximum absolute atomic E-state index is 12.8. The van der Waals surface area contributed by atoms with E-state index in [0.29, 0.717) is 6.42 Å². The summed E-state index contributed by atoms with van der Waals surface area (Å²) >= 11 is 1.67. The highest BCUT2D eigenvalue weighted by Gasteiger charge is 2.22. The molecule has 2 heterocycles. The third-order valence-corrected chi connectivity index (χ3v) is 5.71. The highest BCUT2D eigenvalue weighted by molar-refractivity contribution is 7.08. The zero-order valence-corrected chi connectivity index (χ0v) is 16.0. The number of benzene rings is 2. The lowest BCUT2D eigenvalue weighted by atomic mass is 9.89. The van der Waals surface area contributed by atoms with Gasteiger partial charge in [-0.15, -0.1) is 0 Å². The van der Waals surface area contributed by atoms with Crippen LogP contribution in [-0.2, 0) is 4.79 Å². The number of para-hydroxylation sites is 1. The minimum atomic E-state index is -0.00945. The van der Waals surface area contributed by atoms with E-state index in [1.54, 1.807) is 11.3 Å². The summed E-state index contributed by atoms with van der Waals surface area (Å²) in [7, 11) is 0. The van der Waals surface area contributed by atoms with Gasteiger partial charge < -0.3 is 10.3 Å². The van der Waals surface area contributed by atoms with Crippen molar-refractivity contribution in [1.29, 1.82) is 0 Å². The third-order valence-electron chi connectivity index (χ3n) is 5.01. The van der Waals surface area contributed by atoms with Gasteiger partial charge in [-0.25, -0.2) is 0 Å². The lowest BCUT2D eigenvalue weighted by Crippen LogP contribution is -2.28. The number of aromatic amines is 1. The van der Waals surface area contributed by atoms with E-state index in [4.69, 9.17) is 0 Å². The van der Waals surface area contributed by atoms with Crippen molar-refractivity contribution in [2.24, 2.45) is 0 Å². The number of H-pyrrole nitrogens is 1. The molecule has 0 saturated carbocycles. The number of amides is 1. The van der Waals surface area contributed by atoms with Gasteiger partial charge in [0.05, 0.1) is 6.04 Å². The van der Waals surface area contributed by atoms with Crippen LogP contribution in [0.2, 0.25) is 0 Å². The Bertz CT molecular complexity index is 1020. The van der Waals surface area contributed by atoms with Gasteiger partial charge in [0, 0.05) is 29.4 Å². The number of fused-ring (bicyclic) bond motifs is 1. The van der Waals surface area contributed by atoms with Gasteiger partial charge in [0.1, 0.15) is 0 Å². The topological polar surface area (TPSA) is 44.9 Å². The Hall–Kier alpha value is -2.85. The molecule has 4 rings (SSSR count). The van der Waals surface area contributed by atoms with Crippen LogP contribution < -0.4 is 5.32 Å². The van der Waals surface area contributed by atoms with Crippen LogP contribution >= 0.6 is 11.3 Å². The number of rotatable bonds is 6. The van der Waals surface area contributed by atoms with Crippen LogP contribution in [0.3, 0.4) is 0 Å². The van der Waals surface area contributed by atoms with Crippen molar-refractivity contribution in [2.75, 3.05) is 0 Å². The van der Waals surface area contributed by atoms with Crippen molar-refractivity contribution in [3.63, 3.8) is 0 Å². The number of nitrogens with one attached hydrogen (secondary N) is 2. The molecule has 136 valence electrons. The number of carbonyl (C=O) groups is 1. The molecule has 4 heteroatoms. The molecule has 0 aliphatic rings. The first-order valence-corrected chi connectivity index (χ1v) is 10.1. The van der Waals surface area contributed by atoms with Crippen LogP contribution in [0.4, 0.5) is 0 Å². The minimum Gasteiger partial charge on any atom is -0.361 e. The zero-order chi connectivity index (χ0) is 18.6. The molecule has 0 spiro atoms. The van der Waals surface area contributed by atoms with Crippen LogP contribution in [-0.4, -0.2) is 10.9 Å². The average Bonchev–Trinajstić information content (AvgIpc) is 3.37. The molecule has 0 saturated heterocycles. The number of thiophene rings is 1. The Balaban J connectivity index is 1.58. The van der Waals surface area contributed by atoms with Crippen molar-refractivity contribution < 1.29 is 4.79 Å². The van der Waals surface area contributed by atoms with Crippen molar-refractivity contribution in [2.45, 2.75) is 25.3 Å². The largest absolute Gasteiger partial charge is 0.361 e. The monoisotopic (exact) mass is 374 g/mol. The summed E-state index contributed by atoms with van der Waals surface area (Å²) in [5.41, 5.74) is 4.58. The fourth-order valence-corrected chi connectivity index (χ4v) is 4.29. The first-order chi connectivity index (χ1) is 13.2. The lowest BCUT2D eigenvalue weighted by molar-refractivity contribution is -0.121. The molecule has 0 aliphatic heterocycles. The predicted molar refractivity (Wildman–Crippen MR) is 112 cm³/mol. The van der Waals surface area contributed by atoms with E-state index < -0.39 is 0 Å². The molecule has 2 unspecified atom stereocenters. The third kappa shape index (κ3) is 3.81. The van der Waals surface area contributed by atoms with E-state index in [2.05, 4.69) is 39.3 Å². The smallest absolute Gasteiger partial charge is 0.221 e. The highest BCUT2D eigenvalue weighted by Crippen LogP contribution is 2.34. The number of hydrogen-bond donors (Lipinski definition) is 2. The van der Waals surface area contributed by atoms with Gasteiger partial charge in [-0.05, 0) is 46.5 Å². The molecule has 2 aromatic heterocycles. The van der Waals surface area contributed by atoms with Gasteiger partial charge in [0.15, 0.2) is 0 Å². The molecule has 0 aliphatic carbocycles. The van der Waals surface area contributed by atoms with Crippen molar-refractivity contribution in [3.8, 4) is 0 Å². The molecule has 0 fully saturated rings. The SMILES string of the molecule is CC(NC(=O)CC(c1ccsc1)c1c[nH]c2ccccc12)c1ccccc1. The van der Waals surface area contributed by atoms with Gasteiger partial charge >= 0.3 is 0 Å². The summed E-state index contributed by atoms with van der Waals surface area (Å²) < 4.78 is 0. The summed E-state index contributed by atoms with van der Waals surface area (Å²) in [5, 5.41) is 8.54. The van der Waals surface area contributed by atoms with Crippen LogP contribution in [0.5, 0.6) is 0 Å². The van der Waals surface area contributed by atoms with Gasteiger partial charge in [-0.3, -0.25) is 4.79 Å². The molecule has 2 atom stereocenters. The summed E-state index contributed by atoms with van der Waals surface area (Å²) in [5.74, 6) is 0.100. The molecule has 0 bridgehead atoms. The van der Waals surface area contributed by atoms with Crippen LogP contribution in [0.15, 0.2) is 77.6 Å². The first kappa shape index (κ1) is 17.6. The van der Waals surface area contributed by atoms with Crippen LogP contribution in [0.25, 0.3) is 10.9 Å². The fourth-order valence-electron chi connectivity index (χ4n) is 3.57. The highest BCUT2D eigenvalue weighted by atomic mass is 32.1. The quantitative estimate of drug-likeness (QED) is 0.451. The second-order valence-corrected chi connectivity index (χ2v) is 7.58. The maximum atomic E-state index is 12.8. The second kappa shape index (κ2) is 7.80. The summed E-state index contributed by atoms with van der Waals surface area (Å²) in [6, 6.07) is 20.4. The molecule has 1 amide bonds. The normalized spacial score (nSPS) is 13.4. The molecule has 3 nitrogen and oxygen atoms in total. The van der Waals surface area contributed by atoms with Crippen molar-refractivity contribution >= 4 is 28.1 Å². The molecule has 27 heavy (non-hydrogen) atoms. The number of hydrogen-bond acceptors (Lipinski definition) is 2. The van der Waals surface area contributed by atoms with E-state index in [1.165, 1.54) is 16.5 Å². The van der Waals surface area contributed by atoms with Gasteiger partial charge in [0.25, 0.3) is 0 Å². The fraction of sp³-hybridized carbons (Fsp3) is 0.174. The van der Waals surface area contributed by atoms with Gasteiger partial charge in [-0.1, -0.05) is 48.5 Å². The Morgan fingerprint density at radius 1 is 1.04 bits per heavy atom. The Morgan fingerprint density at radius 3 is 2.59 bits per heavy atom. The Kier molecular flexibility index (Phi) is 5.07. The van der Waals surface area contributed by atoms with E-state index in [9.17, 15) is 4.79 Å². The lowest BCUT2D eigenvalue weighted by Gasteiger charge is -2.19. The maximum Gasteiger partial charge on any atom is 0.221 e. The summed E-state index contributed by atoms with van der Waals surface area (Å²) in [6.07, 6.45) is 2.47. The van der Waals surface area contributed by atoms with E-state index in [1.807, 2.05) is 55.6 Å². The van der Waals surface area contributed by atoms with Crippen LogP contribution in [0.1, 0.15) is 42.0 Å². The summed E-state index contributed by atoms with van der Waals surface area (Å²) in [4.78, 5) is 16.2. The van der Waals surface area contributed by atoms with E-state index >= 15 is 0 Å². The summed E-state index contributed by atoms with van der Waals surface area (Å²) in [6.45, 7) is 2.03. The number of aromatic nitrogens is 1. The molecule has 0 radical (unpaired) electrons. The van der Waals surface area contributed by atoms with E-state index in [0.717, 1.165) is 11.1 Å². The standard InChI is InChI=1S/C23H22N2OS/c1-16(17-7-3-2-4-8-17)25-23(26)13-20(18-11-12-27-15-18)21-14-24-22-10-6-5-9-19(21)22/h2-12,14-16,20,24H,13H2,1H3,(H,25,26). The predicted octanol–water partition coefficient (Wildman–Crippen LogP) is 5.63. The van der Waals surface area contributed by atoms with Crippen LogP contribution in [0, 0.1) is 0 Å². The van der Waals surface area contributed by atoms with E-state index in [-0.39, 0.29) is 17.9 Å². The van der Waals surface area contributed by atoms with Crippen molar-refractivity contribution in [1.82, 2.24) is 10.3 Å². The average molecular weight is 375 g/mol.